The third kappa shape index (κ3) is 2.76. The maximum atomic E-state index is 13.2. The van der Waals surface area contributed by atoms with E-state index in [-0.39, 0.29) is 11.4 Å². The van der Waals surface area contributed by atoms with Crippen LogP contribution in [0.4, 0.5) is 10.1 Å². The van der Waals surface area contributed by atoms with Crippen molar-refractivity contribution in [1.29, 1.82) is 0 Å². The lowest BCUT2D eigenvalue weighted by molar-refractivity contribution is 0.587. The molecule has 100 valence electrons. The smallest absolute Gasteiger partial charge is 0.264 e. The number of hydrogen-bond donors (Lipinski definition) is 0. The summed E-state index contributed by atoms with van der Waals surface area (Å²) < 4.78 is 39.4. The molecule has 0 saturated heterocycles. The van der Waals surface area contributed by atoms with Crippen molar-refractivity contribution in [2.24, 2.45) is 0 Å². The van der Waals surface area contributed by atoms with Crippen molar-refractivity contribution in [3.8, 4) is 0 Å². The van der Waals surface area contributed by atoms with Crippen LogP contribution in [0.2, 0.25) is 0 Å². The molecule has 19 heavy (non-hydrogen) atoms. The Bertz CT molecular complexity index is 656. The Balaban J connectivity index is 2.48. The van der Waals surface area contributed by atoms with Crippen molar-refractivity contribution in [2.45, 2.75) is 11.8 Å². The number of para-hydroxylation sites is 1. The van der Waals surface area contributed by atoms with E-state index in [2.05, 4.69) is 0 Å². The minimum atomic E-state index is -3.73. The van der Waals surface area contributed by atoms with Crippen LogP contribution in [0, 0.1) is 5.82 Å². The molecule has 0 radical (unpaired) electrons. The van der Waals surface area contributed by atoms with Crippen LogP contribution in [0.1, 0.15) is 6.92 Å². The first kappa shape index (κ1) is 13.5. The van der Waals surface area contributed by atoms with Gasteiger partial charge in [0.2, 0.25) is 0 Å². The fraction of sp³-hybridized carbons (Fsp3) is 0.143. The number of benzene rings is 2. The quantitative estimate of drug-likeness (QED) is 0.862. The Morgan fingerprint density at radius 2 is 1.74 bits per heavy atom. The molecule has 2 aromatic carbocycles. The van der Waals surface area contributed by atoms with E-state index >= 15 is 0 Å². The molecule has 0 atom stereocenters. The monoisotopic (exact) mass is 279 g/mol. The van der Waals surface area contributed by atoms with Gasteiger partial charge in [0.25, 0.3) is 10.0 Å². The van der Waals surface area contributed by atoms with Crippen molar-refractivity contribution in [2.75, 3.05) is 10.8 Å². The number of rotatable bonds is 4. The van der Waals surface area contributed by atoms with Crippen molar-refractivity contribution in [3.05, 3.63) is 60.4 Å². The van der Waals surface area contributed by atoms with Crippen LogP contribution in [0.3, 0.4) is 0 Å². The summed E-state index contributed by atoms with van der Waals surface area (Å²) in [6, 6.07) is 13.8. The van der Waals surface area contributed by atoms with Crippen LogP contribution >= 0.6 is 0 Å². The fourth-order valence-electron chi connectivity index (χ4n) is 1.84. The molecule has 2 aromatic rings. The number of halogens is 1. The molecule has 0 aliphatic heterocycles. The molecule has 0 aliphatic rings. The SMILES string of the molecule is CCN(c1ccccc1)S(=O)(=O)c1cccc(F)c1. The summed E-state index contributed by atoms with van der Waals surface area (Å²) in [7, 11) is -3.73. The number of anilines is 1. The van der Waals surface area contributed by atoms with E-state index in [9.17, 15) is 12.8 Å². The molecular formula is C14H14FNO2S. The van der Waals surface area contributed by atoms with Gasteiger partial charge in [0.1, 0.15) is 5.82 Å². The van der Waals surface area contributed by atoms with Crippen molar-refractivity contribution >= 4 is 15.7 Å². The average Bonchev–Trinajstić information content (AvgIpc) is 2.40. The number of hydrogen-bond acceptors (Lipinski definition) is 2. The minimum Gasteiger partial charge on any atom is -0.267 e. The van der Waals surface area contributed by atoms with Crippen LogP contribution in [0.5, 0.6) is 0 Å². The molecule has 0 aromatic heterocycles. The van der Waals surface area contributed by atoms with E-state index < -0.39 is 15.8 Å². The highest BCUT2D eigenvalue weighted by atomic mass is 32.2. The highest BCUT2D eigenvalue weighted by Gasteiger charge is 2.23. The van der Waals surface area contributed by atoms with E-state index in [1.165, 1.54) is 22.5 Å². The molecule has 0 fully saturated rings. The van der Waals surface area contributed by atoms with Gasteiger partial charge in [0.15, 0.2) is 0 Å². The Kier molecular flexibility index (Phi) is 3.85. The van der Waals surface area contributed by atoms with Gasteiger partial charge in [-0.15, -0.1) is 0 Å². The predicted molar refractivity (Wildman–Crippen MR) is 73.0 cm³/mol. The molecule has 2 rings (SSSR count). The van der Waals surface area contributed by atoms with E-state index in [0.717, 1.165) is 6.07 Å². The molecule has 0 unspecified atom stereocenters. The lowest BCUT2D eigenvalue weighted by Gasteiger charge is -2.22. The third-order valence-electron chi connectivity index (χ3n) is 2.72. The summed E-state index contributed by atoms with van der Waals surface area (Å²) in [4.78, 5) is -0.0433. The van der Waals surface area contributed by atoms with E-state index in [0.29, 0.717) is 5.69 Å². The van der Waals surface area contributed by atoms with Crippen molar-refractivity contribution in [1.82, 2.24) is 0 Å². The largest absolute Gasteiger partial charge is 0.267 e. The predicted octanol–water partition coefficient (Wildman–Crippen LogP) is 3.04. The third-order valence-corrected chi connectivity index (χ3v) is 4.61. The second kappa shape index (κ2) is 5.40. The normalized spacial score (nSPS) is 11.3. The van der Waals surface area contributed by atoms with Crippen LogP contribution < -0.4 is 4.31 Å². The van der Waals surface area contributed by atoms with Gasteiger partial charge in [-0.05, 0) is 37.3 Å². The second-order valence-electron chi connectivity index (χ2n) is 3.96. The van der Waals surface area contributed by atoms with E-state index in [4.69, 9.17) is 0 Å². The Labute approximate surface area is 112 Å². The summed E-state index contributed by atoms with van der Waals surface area (Å²) in [6.45, 7) is 2.02. The molecule has 0 bridgehead atoms. The Morgan fingerprint density at radius 1 is 1.05 bits per heavy atom. The van der Waals surface area contributed by atoms with Gasteiger partial charge in [-0.25, -0.2) is 12.8 Å². The van der Waals surface area contributed by atoms with Crippen LogP contribution in [-0.4, -0.2) is 15.0 Å². The molecular weight excluding hydrogens is 265 g/mol. The lowest BCUT2D eigenvalue weighted by atomic mass is 10.3. The number of nitrogens with zero attached hydrogens (tertiary/aromatic N) is 1. The van der Waals surface area contributed by atoms with Crippen LogP contribution in [0.25, 0.3) is 0 Å². The van der Waals surface area contributed by atoms with Crippen LogP contribution in [0.15, 0.2) is 59.5 Å². The highest BCUT2D eigenvalue weighted by molar-refractivity contribution is 7.92. The molecule has 3 nitrogen and oxygen atoms in total. The first-order valence-electron chi connectivity index (χ1n) is 5.89. The van der Waals surface area contributed by atoms with Gasteiger partial charge in [-0.3, -0.25) is 4.31 Å². The maximum absolute atomic E-state index is 13.2. The Morgan fingerprint density at radius 3 is 2.32 bits per heavy atom. The molecule has 5 heteroatoms. The lowest BCUT2D eigenvalue weighted by Crippen LogP contribution is -2.30. The zero-order valence-corrected chi connectivity index (χ0v) is 11.3. The van der Waals surface area contributed by atoms with Gasteiger partial charge in [0, 0.05) is 6.54 Å². The second-order valence-corrected chi connectivity index (χ2v) is 5.83. The van der Waals surface area contributed by atoms with Gasteiger partial charge >= 0.3 is 0 Å². The van der Waals surface area contributed by atoms with Gasteiger partial charge < -0.3 is 0 Å². The summed E-state index contributed by atoms with van der Waals surface area (Å²) in [5.41, 5.74) is 0.564. The standard InChI is InChI=1S/C14H14FNO2S/c1-2-16(13-8-4-3-5-9-13)19(17,18)14-10-6-7-12(15)11-14/h3-11H,2H2,1H3. The first-order valence-corrected chi connectivity index (χ1v) is 7.33. The van der Waals surface area contributed by atoms with Gasteiger partial charge in [-0.1, -0.05) is 24.3 Å². The molecule has 0 aliphatic carbocycles. The zero-order valence-electron chi connectivity index (χ0n) is 10.5. The maximum Gasteiger partial charge on any atom is 0.264 e. The van der Waals surface area contributed by atoms with E-state index in [1.807, 2.05) is 6.07 Å². The summed E-state index contributed by atoms with van der Waals surface area (Å²) in [5.74, 6) is -0.565. The van der Waals surface area contributed by atoms with Crippen molar-refractivity contribution < 1.29 is 12.8 Å². The van der Waals surface area contributed by atoms with Gasteiger partial charge in [0.05, 0.1) is 10.6 Å². The zero-order chi connectivity index (χ0) is 13.9. The average molecular weight is 279 g/mol. The van der Waals surface area contributed by atoms with Gasteiger partial charge in [-0.2, -0.15) is 0 Å². The minimum absolute atomic E-state index is 0.0433. The first-order chi connectivity index (χ1) is 9.05. The molecule has 0 amide bonds. The summed E-state index contributed by atoms with van der Waals surface area (Å²) in [6.07, 6.45) is 0. The van der Waals surface area contributed by atoms with Crippen LogP contribution in [-0.2, 0) is 10.0 Å². The highest BCUT2D eigenvalue weighted by Crippen LogP contribution is 2.23. The molecule has 0 heterocycles. The Hall–Kier alpha value is -1.88. The molecule has 0 N–H and O–H groups in total. The van der Waals surface area contributed by atoms with E-state index in [1.54, 1.807) is 31.2 Å². The summed E-state index contributed by atoms with van der Waals surface area (Å²) in [5, 5.41) is 0. The molecule has 0 saturated carbocycles. The molecule has 0 spiro atoms. The summed E-state index contributed by atoms with van der Waals surface area (Å²) >= 11 is 0. The number of sulfonamides is 1. The fourth-order valence-corrected chi connectivity index (χ4v) is 3.35. The van der Waals surface area contributed by atoms with Crippen molar-refractivity contribution in [3.63, 3.8) is 0 Å². The topological polar surface area (TPSA) is 37.4 Å².